The van der Waals surface area contributed by atoms with Crippen molar-refractivity contribution >= 4 is 32.4 Å². The van der Waals surface area contributed by atoms with Gasteiger partial charge in [0.2, 0.25) is 22.6 Å². The van der Waals surface area contributed by atoms with E-state index in [1.807, 2.05) is 0 Å². The first kappa shape index (κ1) is 58.0. The predicted octanol–water partition coefficient (Wildman–Crippen LogP) is 18.1. The molecule has 0 spiro atoms. The van der Waals surface area contributed by atoms with Crippen LogP contribution in [0.4, 0.5) is 0 Å². The Hall–Kier alpha value is -9.00. The van der Waals surface area contributed by atoms with E-state index in [4.69, 9.17) is 15.0 Å². The molecule has 6 aromatic heterocycles. The zero-order chi connectivity index (χ0) is 62.0. The molecule has 0 N–H and O–H groups in total. The highest BCUT2D eigenvalue weighted by atomic mass is 14.9. The van der Waals surface area contributed by atoms with E-state index in [0.717, 1.165) is 23.5 Å². The lowest BCUT2D eigenvalue weighted by Gasteiger charge is -2.21. The van der Waals surface area contributed by atoms with Crippen LogP contribution in [0.5, 0.6) is 0 Å². The summed E-state index contributed by atoms with van der Waals surface area (Å²) >= 11 is 0. The van der Waals surface area contributed by atoms with Crippen molar-refractivity contribution < 1.29 is 13.7 Å². The van der Waals surface area contributed by atoms with Crippen LogP contribution in [0.25, 0.3) is 99.6 Å². The highest BCUT2D eigenvalue weighted by molar-refractivity contribution is 5.95. The predicted molar refractivity (Wildman–Crippen MR) is 365 cm³/mol. The molecule has 0 atom stereocenters. The maximum atomic E-state index is 4.94. The number of rotatable bonds is 5. The molecule has 0 bridgehead atoms. The molecule has 6 nitrogen and oxygen atoms in total. The minimum Gasteiger partial charge on any atom is -0.257 e. The number of hydrogen-bond acceptors (Lipinski definition) is 3. The maximum Gasteiger partial charge on any atom is 0.220 e. The van der Waals surface area contributed by atoms with Crippen molar-refractivity contribution in [2.75, 3.05) is 0 Å². The van der Waals surface area contributed by atoms with Gasteiger partial charge < -0.3 is 0 Å². The number of aromatic nitrogens is 6. The van der Waals surface area contributed by atoms with Gasteiger partial charge in [0.1, 0.15) is 21.1 Å². The zero-order valence-electron chi connectivity index (χ0n) is 54.7. The van der Waals surface area contributed by atoms with E-state index >= 15 is 0 Å². The Morgan fingerprint density at radius 2 is 0.852 bits per heavy atom. The third kappa shape index (κ3) is 9.53. The van der Waals surface area contributed by atoms with Crippen LogP contribution in [0.1, 0.15) is 128 Å². The summed E-state index contributed by atoms with van der Waals surface area (Å²) in [7, 11) is 6.48. The van der Waals surface area contributed by atoms with Gasteiger partial charge in [0.15, 0.2) is 12.4 Å². The van der Waals surface area contributed by atoms with E-state index in [1.165, 1.54) is 156 Å². The second kappa shape index (κ2) is 21.4. The van der Waals surface area contributed by atoms with Crippen molar-refractivity contribution in [2.24, 2.45) is 27.1 Å². The molecule has 0 fully saturated rings. The molecule has 15 rings (SSSR count). The summed E-state index contributed by atoms with van der Waals surface area (Å²) in [6.45, 7) is 31.3. The van der Waals surface area contributed by atoms with Crippen LogP contribution in [0.15, 0.2) is 176 Å². The van der Waals surface area contributed by atoms with Crippen molar-refractivity contribution in [1.82, 2.24) is 15.0 Å². The van der Waals surface area contributed by atoms with Crippen LogP contribution >= 0.6 is 0 Å². The number of aryl methyl sites for hydroxylation is 9. The summed E-state index contributed by atoms with van der Waals surface area (Å²) < 4.78 is 6.86. The summed E-state index contributed by atoms with van der Waals surface area (Å²) in [5.74, 6) is 0.644. The molecule has 6 heterocycles. The molecule has 0 radical (unpaired) electrons. The Bertz CT molecular complexity index is 4870. The number of hydrogen-bond donors (Lipinski definition) is 0. The third-order valence-corrected chi connectivity index (χ3v) is 19.7. The second-order valence-corrected chi connectivity index (χ2v) is 27.5. The van der Waals surface area contributed by atoms with Gasteiger partial charge in [-0.15, -0.1) is 0 Å². The quantitative estimate of drug-likeness (QED) is 0.161. The molecule has 3 aliphatic rings. The van der Waals surface area contributed by atoms with Crippen LogP contribution in [0.3, 0.4) is 0 Å². The van der Waals surface area contributed by atoms with Crippen molar-refractivity contribution in [3.05, 3.63) is 249 Å². The first-order chi connectivity index (χ1) is 41.9. The topological polar surface area (TPSA) is 50.3 Å². The molecule has 3 aliphatic carbocycles. The van der Waals surface area contributed by atoms with Gasteiger partial charge in [0.25, 0.3) is 0 Å². The van der Waals surface area contributed by atoms with Crippen molar-refractivity contribution in [1.29, 1.82) is 0 Å². The van der Waals surface area contributed by atoms with Gasteiger partial charge in [-0.1, -0.05) is 140 Å². The second-order valence-electron chi connectivity index (χ2n) is 27.5. The van der Waals surface area contributed by atoms with Gasteiger partial charge in [-0.05, 0) is 175 Å². The lowest BCUT2D eigenvalue weighted by Crippen LogP contribution is -2.32. The normalized spacial score (nSPS) is 14.2. The molecule has 0 saturated heterocycles. The Balaban J connectivity index is 0.000000122. The van der Waals surface area contributed by atoms with Crippen LogP contribution in [0.2, 0.25) is 0 Å². The lowest BCUT2D eigenvalue weighted by molar-refractivity contribution is -0.659. The van der Waals surface area contributed by atoms with E-state index in [1.54, 1.807) is 0 Å². The van der Waals surface area contributed by atoms with Crippen LogP contribution in [0, 0.1) is 47.5 Å². The average Bonchev–Trinajstić information content (AvgIpc) is 1.58. The number of fused-ring (bicyclic) bond motifs is 12. The molecular weight excluding hydrogens is 1070 g/mol. The smallest absolute Gasteiger partial charge is 0.220 e. The zero-order valence-corrected chi connectivity index (χ0v) is 54.7. The van der Waals surface area contributed by atoms with Crippen LogP contribution in [-0.2, 0) is 43.8 Å². The number of benzene rings is 6. The summed E-state index contributed by atoms with van der Waals surface area (Å²) in [6.07, 6.45) is 5.49. The number of nitrogens with zero attached hydrogens (tertiary/aromatic N) is 6. The minimum absolute atomic E-state index is 0.0887. The van der Waals surface area contributed by atoms with Crippen LogP contribution < -0.4 is 13.7 Å². The van der Waals surface area contributed by atoms with Gasteiger partial charge in [-0.3, -0.25) is 15.0 Å². The van der Waals surface area contributed by atoms with Gasteiger partial charge >= 0.3 is 0 Å². The Morgan fingerprint density at radius 1 is 0.386 bits per heavy atom. The molecule has 438 valence electrons. The van der Waals surface area contributed by atoms with Gasteiger partial charge in [0, 0.05) is 96.2 Å². The summed E-state index contributed by atoms with van der Waals surface area (Å²) in [6, 6.07) is 60.4. The fourth-order valence-electron chi connectivity index (χ4n) is 14.9. The molecule has 6 heteroatoms. The van der Waals surface area contributed by atoms with E-state index in [2.05, 4.69) is 308 Å². The minimum atomic E-state index is -0.0982. The van der Waals surface area contributed by atoms with E-state index in [-0.39, 0.29) is 16.2 Å². The molecule has 0 aliphatic heterocycles. The Kier molecular flexibility index (Phi) is 14.1. The summed E-state index contributed by atoms with van der Waals surface area (Å²) in [5, 5.41) is 6.46. The number of pyridine rings is 6. The molecule has 88 heavy (non-hydrogen) atoms. The molecule has 0 unspecified atom stereocenters. The van der Waals surface area contributed by atoms with Gasteiger partial charge in [-0.2, -0.15) is 4.57 Å². The standard InChI is InChI=1S/C30H33N2.2C26H25N2/c1-18(2)15-21-9-8-10-27-22(21)13-14-28(32(27)7)24-17-26-25(16-19(24)3)23-12-11-20(4)31-29(23)30(26,5)6;1-16-12-22-20-11-10-17(2)27-25(20)26(3,4)23(22)14-21(16)24-13-18-8-6-7-9-19(18)15-28(24)5;1-16-14-22-20-11-10-17(2)27-25(20)26(3,4)23(22)15-21(16)24-19-9-7-6-8-18(19)12-13-28(24)5/h8-14,16-18H,15H2,1-7H3;2*6-15H,1-5H3/q3*+1. The molecule has 6 aromatic carbocycles. The fourth-order valence-corrected chi connectivity index (χ4v) is 14.9. The molecule has 0 saturated carbocycles. The fraction of sp³-hybridized carbons (Fsp3) is 0.268. The SMILES string of the molecule is Cc1ccc2c(n1)C(C)(C)c1cc(-c3c4ccccc4cc[n+]3C)c(C)cc1-2.Cc1ccc2c(n1)C(C)(C)c1cc(-c3cc4ccccc4c[n+]3C)c(C)cc1-2.Cc1ccc2c(n1)C(C)(C)c1cc(-c3ccc4c(CC(C)C)cccc4[n+]3C)c(C)cc1-2. The maximum absolute atomic E-state index is 4.94. The first-order valence-electron chi connectivity index (χ1n) is 31.5. The highest BCUT2D eigenvalue weighted by Gasteiger charge is 2.41. The monoisotopic (exact) mass is 1150 g/mol. The molecule has 12 aromatic rings. The van der Waals surface area contributed by atoms with Crippen molar-refractivity contribution in [2.45, 2.75) is 120 Å². The first-order valence-corrected chi connectivity index (χ1v) is 31.5. The lowest BCUT2D eigenvalue weighted by atomic mass is 9.83. The van der Waals surface area contributed by atoms with Gasteiger partial charge in [0.05, 0.1) is 28.0 Å². The Morgan fingerprint density at radius 3 is 1.38 bits per heavy atom. The van der Waals surface area contributed by atoms with Gasteiger partial charge in [-0.25, -0.2) is 9.13 Å². The van der Waals surface area contributed by atoms with Crippen molar-refractivity contribution in [3.63, 3.8) is 0 Å². The average molecular weight is 1150 g/mol. The van der Waals surface area contributed by atoms with E-state index < -0.39 is 0 Å². The highest BCUT2D eigenvalue weighted by Crippen LogP contribution is 2.53. The summed E-state index contributed by atoms with van der Waals surface area (Å²) in [4.78, 5) is 14.8. The van der Waals surface area contributed by atoms with Crippen molar-refractivity contribution in [3.8, 4) is 67.2 Å². The molecule has 0 amide bonds. The summed E-state index contributed by atoms with van der Waals surface area (Å²) in [5.41, 5.74) is 32.8. The third-order valence-electron chi connectivity index (χ3n) is 19.7. The van der Waals surface area contributed by atoms with E-state index in [9.17, 15) is 0 Å². The van der Waals surface area contributed by atoms with Crippen LogP contribution in [-0.4, -0.2) is 15.0 Å². The molecular formula is C82H83N6+3. The largest absolute Gasteiger partial charge is 0.257 e. The van der Waals surface area contributed by atoms with E-state index in [0.29, 0.717) is 5.92 Å². The Labute approximate surface area is 521 Å².